The molecular weight excluding hydrogens is 324 g/mol. The van der Waals surface area contributed by atoms with Gasteiger partial charge in [0.15, 0.2) is 0 Å². The lowest BCUT2D eigenvalue weighted by Gasteiger charge is -2.31. The van der Waals surface area contributed by atoms with E-state index in [1.807, 2.05) is 42.5 Å². The van der Waals surface area contributed by atoms with E-state index in [0.29, 0.717) is 30.0 Å². The maximum Gasteiger partial charge on any atom is 0.252 e. The number of nitrogens with zero attached hydrogens (tertiary/aromatic N) is 1. The average Bonchev–Trinajstić information content (AvgIpc) is 2.87. The number of nitrogens with two attached hydrogens (primary N) is 1. The van der Waals surface area contributed by atoms with Crippen LogP contribution in [0.15, 0.2) is 54.6 Å². The number of benzene rings is 2. The fourth-order valence-electron chi connectivity index (χ4n) is 4.11. The quantitative estimate of drug-likeness (QED) is 0.898. The van der Waals surface area contributed by atoms with Crippen LogP contribution in [-0.2, 0) is 6.61 Å². The molecule has 0 radical (unpaired) electrons. The summed E-state index contributed by atoms with van der Waals surface area (Å²) in [6, 6.07) is 16.7. The van der Waals surface area contributed by atoms with E-state index in [9.17, 15) is 4.79 Å². The van der Waals surface area contributed by atoms with Gasteiger partial charge in [0.2, 0.25) is 0 Å². The lowest BCUT2D eigenvalue weighted by atomic mass is 9.93. The van der Waals surface area contributed by atoms with Crippen molar-refractivity contribution in [3.8, 4) is 5.75 Å². The fourth-order valence-corrected chi connectivity index (χ4v) is 4.11. The molecule has 1 amide bonds. The molecule has 2 aliphatic heterocycles. The molecule has 0 saturated carbocycles. The average molecular weight is 348 g/mol. The van der Waals surface area contributed by atoms with Gasteiger partial charge >= 0.3 is 0 Å². The van der Waals surface area contributed by atoms with Crippen molar-refractivity contribution >= 4 is 11.5 Å². The summed E-state index contributed by atoms with van der Waals surface area (Å²) in [4.78, 5) is 14.4. The number of rotatable bonds is 5. The molecule has 2 heterocycles. The molecule has 4 heteroatoms. The molecule has 0 spiro atoms. The van der Waals surface area contributed by atoms with E-state index in [-0.39, 0.29) is 0 Å². The van der Waals surface area contributed by atoms with Crippen LogP contribution in [0.1, 0.15) is 40.7 Å². The van der Waals surface area contributed by atoms with Crippen LogP contribution < -0.4 is 10.5 Å². The van der Waals surface area contributed by atoms with E-state index in [4.69, 9.17) is 10.5 Å². The van der Waals surface area contributed by atoms with Gasteiger partial charge in [-0.2, -0.15) is 0 Å². The predicted molar refractivity (Wildman–Crippen MR) is 103 cm³/mol. The van der Waals surface area contributed by atoms with E-state index < -0.39 is 5.91 Å². The third kappa shape index (κ3) is 3.13. The summed E-state index contributed by atoms with van der Waals surface area (Å²) in [7, 11) is 2.20. The molecule has 26 heavy (non-hydrogen) atoms. The molecule has 2 bridgehead atoms. The Kier molecular flexibility index (Phi) is 4.51. The number of carbonyl (C=O) groups is 1. The Morgan fingerprint density at radius 2 is 1.96 bits per heavy atom. The molecule has 2 aromatic carbocycles. The van der Waals surface area contributed by atoms with E-state index in [0.717, 1.165) is 17.5 Å². The molecular formula is C22H24N2O2. The van der Waals surface area contributed by atoms with Crippen LogP contribution in [0.3, 0.4) is 0 Å². The Balaban J connectivity index is 1.69. The summed E-state index contributed by atoms with van der Waals surface area (Å²) in [5.41, 5.74) is 9.41. The van der Waals surface area contributed by atoms with E-state index >= 15 is 0 Å². The Hall–Kier alpha value is -2.59. The summed E-state index contributed by atoms with van der Waals surface area (Å²) >= 11 is 0. The molecule has 0 aliphatic carbocycles. The smallest absolute Gasteiger partial charge is 0.252 e. The van der Waals surface area contributed by atoms with Crippen LogP contribution in [0.5, 0.6) is 5.75 Å². The van der Waals surface area contributed by atoms with Gasteiger partial charge in [0.25, 0.3) is 5.91 Å². The second-order valence-corrected chi connectivity index (χ2v) is 7.18. The first kappa shape index (κ1) is 16.9. The molecule has 1 fully saturated rings. The topological polar surface area (TPSA) is 55.6 Å². The normalized spacial score (nSPS) is 22.1. The van der Waals surface area contributed by atoms with Gasteiger partial charge in [0, 0.05) is 17.6 Å². The van der Waals surface area contributed by atoms with Gasteiger partial charge in [-0.3, -0.25) is 9.69 Å². The number of primary amides is 1. The van der Waals surface area contributed by atoms with Crippen molar-refractivity contribution < 1.29 is 9.53 Å². The zero-order chi connectivity index (χ0) is 18.1. The van der Waals surface area contributed by atoms with Crippen molar-refractivity contribution in [2.75, 3.05) is 7.05 Å². The van der Waals surface area contributed by atoms with E-state index in [1.165, 1.54) is 18.4 Å². The minimum absolute atomic E-state index is 0.415. The first-order chi connectivity index (χ1) is 12.6. The van der Waals surface area contributed by atoms with Crippen LogP contribution in [0, 0.1) is 0 Å². The summed E-state index contributed by atoms with van der Waals surface area (Å²) in [6.45, 7) is 0.415. The Labute approximate surface area is 154 Å². The highest BCUT2D eigenvalue weighted by atomic mass is 16.5. The summed E-state index contributed by atoms with van der Waals surface area (Å²) in [5, 5.41) is 0. The SMILES string of the molecule is CN1[C@H]2CC[C@@H]1C=C(c1cccc(C(N)=O)c1OCc1ccccc1)C2. The van der Waals surface area contributed by atoms with Gasteiger partial charge in [0.05, 0.1) is 5.56 Å². The monoisotopic (exact) mass is 348 g/mol. The number of amides is 1. The van der Waals surface area contributed by atoms with E-state index in [1.54, 1.807) is 6.07 Å². The van der Waals surface area contributed by atoms with Crippen molar-refractivity contribution in [3.05, 3.63) is 71.3 Å². The summed E-state index contributed by atoms with van der Waals surface area (Å²) in [6.07, 6.45) is 5.73. The molecule has 134 valence electrons. The molecule has 2 N–H and O–H groups in total. The zero-order valence-electron chi connectivity index (χ0n) is 15.0. The molecule has 4 rings (SSSR count). The molecule has 1 saturated heterocycles. The van der Waals surface area contributed by atoms with Gasteiger partial charge in [-0.15, -0.1) is 0 Å². The Morgan fingerprint density at radius 1 is 1.15 bits per heavy atom. The lowest BCUT2D eigenvalue weighted by Crippen LogP contribution is -2.34. The molecule has 0 aromatic heterocycles. The highest BCUT2D eigenvalue weighted by Crippen LogP contribution is 2.41. The third-order valence-electron chi connectivity index (χ3n) is 5.60. The number of ether oxygens (including phenoxy) is 1. The summed E-state index contributed by atoms with van der Waals surface area (Å²) in [5.74, 6) is 0.158. The van der Waals surface area contributed by atoms with Crippen LogP contribution >= 0.6 is 0 Å². The largest absolute Gasteiger partial charge is 0.487 e. The van der Waals surface area contributed by atoms with Crippen molar-refractivity contribution in [3.63, 3.8) is 0 Å². The van der Waals surface area contributed by atoms with Crippen molar-refractivity contribution in [1.82, 2.24) is 4.90 Å². The minimum Gasteiger partial charge on any atom is -0.487 e. The second-order valence-electron chi connectivity index (χ2n) is 7.18. The van der Waals surface area contributed by atoms with Gasteiger partial charge in [0.1, 0.15) is 12.4 Å². The Bertz CT molecular complexity index is 844. The van der Waals surface area contributed by atoms with Gasteiger partial charge in [-0.1, -0.05) is 48.5 Å². The van der Waals surface area contributed by atoms with Crippen LogP contribution in [0.25, 0.3) is 5.57 Å². The zero-order valence-corrected chi connectivity index (χ0v) is 15.0. The van der Waals surface area contributed by atoms with E-state index in [2.05, 4.69) is 18.0 Å². The molecule has 2 atom stereocenters. The number of para-hydroxylation sites is 1. The third-order valence-corrected chi connectivity index (χ3v) is 5.60. The maximum absolute atomic E-state index is 12.0. The van der Waals surface area contributed by atoms with Crippen molar-refractivity contribution in [2.24, 2.45) is 5.73 Å². The standard InChI is InChI=1S/C22H24N2O2/c1-24-17-10-11-18(24)13-16(12-17)19-8-5-9-20(22(23)25)21(19)26-14-15-6-3-2-4-7-15/h2-9,12,17-18H,10-11,13-14H2,1H3,(H2,23,25)/t17-,18+/m1/s1. The first-order valence-electron chi connectivity index (χ1n) is 9.16. The number of fused-ring (bicyclic) bond motifs is 2. The first-order valence-corrected chi connectivity index (χ1v) is 9.16. The number of hydrogen-bond donors (Lipinski definition) is 1. The lowest BCUT2D eigenvalue weighted by molar-refractivity contribution is 0.0996. The van der Waals surface area contributed by atoms with Gasteiger partial charge < -0.3 is 10.5 Å². The molecule has 2 aliphatic rings. The van der Waals surface area contributed by atoms with Crippen molar-refractivity contribution in [2.45, 2.75) is 38.0 Å². The molecule has 4 nitrogen and oxygen atoms in total. The molecule has 2 aromatic rings. The number of hydrogen-bond acceptors (Lipinski definition) is 3. The fraction of sp³-hybridized carbons (Fsp3) is 0.318. The highest BCUT2D eigenvalue weighted by Gasteiger charge is 2.35. The highest BCUT2D eigenvalue weighted by molar-refractivity contribution is 5.97. The maximum atomic E-state index is 12.0. The number of carbonyl (C=O) groups excluding carboxylic acids is 1. The van der Waals surface area contributed by atoms with Gasteiger partial charge in [-0.05, 0) is 43.5 Å². The second kappa shape index (κ2) is 6.96. The predicted octanol–water partition coefficient (Wildman–Crippen LogP) is 3.61. The van der Waals surface area contributed by atoms with Crippen LogP contribution in [0.2, 0.25) is 0 Å². The molecule has 0 unspecified atom stereocenters. The minimum atomic E-state index is -0.452. The Morgan fingerprint density at radius 3 is 2.69 bits per heavy atom. The number of likely N-dealkylation sites (N-methyl/N-ethyl adjacent to an activating group) is 1. The van der Waals surface area contributed by atoms with Crippen LogP contribution in [-0.4, -0.2) is 29.9 Å². The summed E-state index contributed by atoms with van der Waals surface area (Å²) < 4.78 is 6.13. The van der Waals surface area contributed by atoms with Crippen LogP contribution in [0.4, 0.5) is 0 Å². The van der Waals surface area contributed by atoms with Crippen molar-refractivity contribution in [1.29, 1.82) is 0 Å². The van der Waals surface area contributed by atoms with Gasteiger partial charge in [-0.25, -0.2) is 0 Å².